The summed E-state index contributed by atoms with van der Waals surface area (Å²) in [5, 5.41) is 18.5. The Bertz CT molecular complexity index is 1390. The molecular formula is C24H17ClN4O2. The third-order valence-corrected chi connectivity index (χ3v) is 6.21. The van der Waals surface area contributed by atoms with Crippen LogP contribution < -0.4 is 10.1 Å². The second-order valence-corrected chi connectivity index (χ2v) is 8.29. The number of nitrogens with one attached hydrogen (secondary N) is 1. The van der Waals surface area contributed by atoms with Crippen molar-refractivity contribution in [2.24, 2.45) is 0 Å². The summed E-state index contributed by atoms with van der Waals surface area (Å²) in [5.74, 6) is 1.60. The predicted molar refractivity (Wildman–Crippen MR) is 116 cm³/mol. The van der Waals surface area contributed by atoms with Crippen molar-refractivity contribution in [3.05, 3.63) is 75.8 Å². The van der Waals surface area contributed by atoms with Gasteiger partial charge in [0.25, 0.3) is 0 Å². The van der Waals surface area contributed by atoms with E-state index in [1.807, 2.05) is 24.3 Å². The Hall–Kier alpha value is -3.40. The summed E-state index contributed by atoms with van der Waals surface area (Å²) in [7, 11) is 0. The normalized spacial score (nSPS) is 17.1. The molecule has 0 saturated heterocycles. The summed E-state index contributed by atoms with van der Waals surface area (Å²) >= 11 is 6.51. The zero-order valence-corrected chi connectivity index (χ0v) is 17.2. The number of hydrogen-bond donors (Lipinski definition) is 1. The molecule has 2 aliphatic heterocycles. The molecule has 1 unspecified atom stereocenters. The third-order valence-electron chi connectivity index (χ3n) is 5.99. The average Bonchev–Trinajstić information content (AvgIpc) is 3.41. The maximum atomic E-state index is 9.22. The summed E-state index contributed by atoms with van der Waals surface area (Å²) in [5.41, 5.74) is 6.38. The van der Waals surface area contributed by atoms with Gasteiger partial charge in [0.1, 0.15) is 5.75 Å². The predicted octanol–water partition coefficient (Wildman–Crippen LogP) is 4.74. The molecule has 152 valence electrons. The first-order valence-electron chi connectivity index (χ1n) is 10.2. The number of pyridine rings is 1. The number of ether oxygens (including phenoxy) is 1. The molecule has 0 amide bonds. The van der Waals surface area contributed by atoms with Crippen LogP contribution in [0.25, 0.3) is 22.0 Å². The molecule has 0 spiro atoms. The van der Waals surface area contributed by atoms with Crippen LogP contribution in [0.15, 0.2) is 47.1 Å². The molecule has 6 rings (SSSR count). The molecule has 1 atom stereocenters. The Kier molecular flexibility index (Phi) is 4.20. The molecule has 2 aromatic carbocycles. The average molecular weight is 429 g/mol. The van der Waals surface area contributed by atoms with Crippen LogP contribution in [-0.2, 0) is 19.4 Å². The first-order chi connectivity index (χ1) is 15.2. The number of aromatic nitrogens is 2. The first kappa shape index (κ1) is 18.4. The standard InChI is InChI=1S/C24H17ClN4O2/c25-15-8-14-9-22(24-19-12-27-5-4-20(19)29-31-24)30-23(14)18(10-15)16-3-6-28-21-7-13(11-26)1-2-17(16)21/h1-3,6-8,10,22,27H,4-5,9,12H2. The van der Waals surface area contributed by atoms with E-state index in [4.69, 9.17) is 20.9 Å². The van der Waals surface area contributed by atoms with Crippen LogP contribution in [0.2, 0.25) is 5.02 Å². The van der Waals surface area contributed by atoms with Crippen molar-refractivity contribution >= 4 is 22.5 Å². The van der Waals surface area contributed by atoms with Crippen LogP contribution in [0.4, 0.5) is 0 Å². The summed E-state index contributed by atoms with van der Waals surface area (Å²) in [6.07, 6.45) is 3.05. The molecule has 6 nitrogen and oxygen atoms in total. The molecular weight excluding hydrogens is 412 g/mol. The van der Waals surface area contributed by atoms with Crippen LogP contribution >= 0.6 is 11.6 Å². The lowest BCUT2D eigenvalue weighted by molar-refractivity contribution is 0.189. The van der Waals surface area contributed by atoms with E-state index in [0.29, 0.717) is 17.0 Å². The number of nitriles is 1. The Morgan fingerprint density at radius 1 is 1.16 bits per heavy atom. The third kappa shape index (κ3) is 2.97. The van der Waals surface area contributed by atoms with Crippen molar-refractivity contribution in [3.63, 3.8) is 0 Å². The minimum atomic E-state index is -0.235. The van der Waals surface area contributed by atoms with Crippen molar-refractivity contribution < 1.29 is 9.26 Å². The SMILES string of the molecule is N#Cc1ccc2c(-c3cc(Cl)cc4c3OC(c3onc5c3CNCC5)C4)ccnc2c1. The van der Waals surface area contributed by atoms with Gasteiger partial charge in [0.15, 0.2) is 11.9 Å². The minimum Gasteiger partial charge on any atom is -0.481 e. The van der Waals surface area contributed by atoms with Crippen LogP contribution in [0.3, 0.4) is 0 Å². The van der Waals surface area contributed by atoms with E-state index in [2.05, 4.69) is 21.5 Å². The highest BCUT2D eigenvalue weighted by atomic mass is 35.5. The number of hydrogen-bond acceptors (Lipinski definition) is 6. The lowest BCUT2D eigenvalue weighted by atomic mass is 9.96. The molecule has 4 heterocycles. The zero-order chi connectivity index (χ0) is 20.9. The molecule has 7 heteroatoms. The van der Waals surface area contributed by atoms with Crippen LogP contribution in [-0.4, -0.2) is 16.7 Å². The summed E-state index contributed by atoms with van der Waals surface area (Å²) in [6, 6.07) is 13.5. The van der Waals surface area contributed by atoms with Gasteiger partial charge in [-0.3, -0.25) is 4.98 Å². The topological polar surface area (TPSA) is 84.0 Å². The highest BCUT2D eigenvalue weighted by Crippen LogP contribution is 2.47. The van der Waals surface area contributed by atoms with Crippen LogP contribution in [0, 0.1) is 11.3 Å². The molecule has 2 aliphatic rings. The molecule has 0 bridgehead atoms. The van der Waals surface area contributed by atoms with Crippen LogP contribution in [0.5, 0.6) is 5.75 Å². The Labute approximate surface area is 183 Å². The maximum absolute atomic E-state index is 9.22. The number of rotatable bonds is 2. The van der Waals surface area contributed by atoms with E-state index in [1.54, 1.807) is 18.3 Å². The van der Waals surface area contributed by atoms with E-state index in [0.717, 1.165) is 69.9 Å². The molecule has 1 N–H and O–H groups in total. The van der Waals surface area contributed by atoms with Gasteiger partial charge in [-0.1, -0.05) is 22.8 Å². The summed E-state index contributed by atoms with van der Waals surface area (Å²) in [4.78, 5) is 4.44. The van der Waals surface area contributed by atoms with Gasteiger partial charge in [-0.2, -0.15) is 5.26 Å². The highest BCUT2D eigenvalue weighted by Gasteiger charge is 2.34. The lowest BCUT2D eigenvalue weighted by Gasteiger charge is -2.15. The van der Waals surface area contributed by atoms with Crippen molar-refractivity contribution in [2.75, 3.05) is 6.54 Å². The molecule has 31 heavy (non-hydrogen) atoms. The van der Waals surface area contributed by atoms with Gasteiger partial charge >= 0.3 is 0 Å². The molecule has 0 saturated carbocycles. The largest absolute Gasteiger partial charge is 0.481 e. The van der Waals surface area contributed by atoms with E-state index < -0.39 is 0 Å². The van der Waals surface area contributed by atoms with Gasteiger partial charge in [0.2, 0.25) is 0 Å². The van der Waals surface area contributed by atoms with Gasteiger partial charge < -0.3 is 14.6 Å². The highest BCUT2D eigenvalue weighted by molar-refractivity contribution is 6.31. The van der Waals surface area contributed by atoms with Gasteiger partial charge in [-0.15, -0.1) is 0 Å². The fourth-order valence-electron chi connectivity index (χ4n) is 4.54. The van der Waals surface area contributed by atoms with Crippen molar-refractivity contribution in [1.82, 2.24) is 15.5 Å². The van der Waals surface area contributed by atoms with E-state index in [9.17, 15) is 5.26 Å². The van der Waals surface area contributed by atoms with E-state index >= 15 is 0 Å². The van der Waals surface area contributed by atoms with E-state index in [1.165, 1.54) is 0 Å². The molecule has 0 radical (unpaired) electrons. The monoisotopic (exact) mass is 428 g/mol. The Morgan fingerprint density at radius 2 is 2.10 bits per heavy atom. The zero-order valence-electron chi connectivity index (χ0n) is 16.5. The molecule has 0 fully saturated rings. The Morgan fingerprint density at radius 3 is 3.00 bits per heavy atom. The van der Waals surface area contributed by atoms with E-state index in [-0.39, 0.29) is 6.10 Å². The number of benzene rings is 2. The lowest BCUT2D eigenvalue weighted by Crippen LogP contribution is -2.24. The van der Waals surface area contributed by atoms with Gasteiger partial charge in [0.05, 0.1) is 22.8 Å². The minimum absolute atomic E-state index is 0.235. The molecule has 0 aliphatic carbocycles. The van der Waals surface area contributed by atoms with Crippen molar-refractivity contribution in [2.45, 2.75) is 25.5 Å². The number of nitrogens with zero attached hydrogens (tertiary/aromatic N) is 3. The number of halogens is 1. The maximum Gasteiger partial charge on any atom is 0.182 e. The summed E-state index contributed by atoms with van der Waals surface area (Å²) in [6.45, 7) is 1.65. The molecule has 2 aromatic heterocycles. The smallest absolute Gasteiger partial charge is 0.182 e. The Balaban J connectivity index is 1.46. The van der Waals surface area contributed by atoms with Gasteiger partial charge in [-0.05, 0) is 35.9 Å². The quantitative estimate of drug-likeness (QED) is 0.496. The van der Waals surface area contributed by atoms with Gasteiger partial charge in [0, 0.05) is 59.2 Å². The van der Waals surface area contributed by atoms with Gasteiger partial charge in [-0.25, -0.2) is 0 Å². The first-order valence-corrected chi connectivity index (χ1v) is 10.6. The van der Waals surface area contributed by atoms with Crippen molar-refractivity contribution in [3.8, 4) is 22.9 Å². The fraction of sp³-hybridized carbons (Fsp3) is 0.208. The van der Waals surface area contributed by atoms with Crippen LogP contribution in [0.1, 0.15) is 34.2 Å². The van der Waals surface area contributed by atoms with Crippen molar-refractivity contribution in [1.29, 1.82) is 5.26 Å². The second-order valence-electron chi connectivity index (χ2n) is 7.85. The fourth-order valence-corrected chi connectivity index (χ4v) is 4.78. The molecule has 4 aromatic rings. The number of fused-ring (bicyclic) bond motifs is 3. The second kappa shape index (κ2) is 7.09. The summed E-state index contributed by atoms with van der Waals surface area (Å²) < 4.78 is 12.2.